The molecule has 0 saturated heterocycles. The van der Waals surface area contributed by atoms with Gasteiger partial charge < -0.3 is 4.74 Å². The number of sulfonamides is 1. The van der Waals surface area contributed by atoms with Gasteiger partial charge in [0.05, 0.1) is 24.3 Å². The number of hydrogen-bond acceptors (Lipinski definition) is 5. The van der Waals surface area contributed by atoms with Crippen LogP contribution in [0.25, 0.3) is 0 Å². The van der Waals surface area contributed by atoms with Gasteiger partial charge in [-0.1, -0.05) is 30.3 Å². The van der Waals surface area contributed by atoms with Crippen LogP contribution >= 0.6 is 0 Å². The summed E-state index contributed by atoms with van der Waals surface area (Å²) in [7, 11) is -2.76. The summed E-state index contributed by atoms with van der Waals surface area (Å²) in [6, 6.07) is 11.7. The fourth-order valence-electron chi connectivity index (χ4n) is 2.22. The molecule has 2 rings (SSSR count). The van der Waals surface area contributed by atoms with Crippen LogP contribution in [-0.2, 0) is 10.0 Å². The minimum Gasteiger partial charge on any atom is -0.495 e. The highest BCUT2D eigenvalue weighted by molar-refractivity contribution is 7.93. The number of rotatable bonds is 7. The van der Waals surface area contributed by atoms with Crippen molar-refractivity contribution >= 4 is 21.4 Å². The van der Waals surface area contributed by atoms with E-state index in [2.05, 4.69) is 6.58 Å². The van der Waals surface area contributed by atoms with E-state index in [0.717, 1.165) is 10.4 Å². The molecule has 0 aliphatic rings. The van der Waals surface area contributed by atoms with Gasteiger partial charge in [0.15, 0.2) is 4.90 Å². The van der Waals surface area contributed by atoms with E-state index in [0.29, 0.717) is 5.75 Å². The second-order valence-corrected chi connectivity index (χ2v) is 6.55. The molecule has 7 nitrogen and oxygen atoms in total. The van der Waals surface area contributed by atoms with Crippen LogP contribution in [0.1, 0.15) is 0 Å². The third-order valence-electron chi connectivity index (χ3n) is 3.28. The SMILES string of the molecule is C=CCN(c1ccccc1OC)S(=O)(=O)c1ccccc1[N+](=O)[O-]. The molecule has 2 aromatic rings. The highest BCUT2D eigenvalue weighted by Crippen LogP contribution is 2.34. The minimum atomic E-state index is -4.18. The highest BCUT2D eigenvalue weighted by Gasteiger charge is 2.32. The number of anilines is 1. The molecule has 0 heterocycles. The van der Waals surface area contributed by atoms with Crippen molar-refractivity contribution in [2.45, 2.75) is 4.90 Å². The first kappa shape index (κ1) is 17.5. The summed E-state index contributed by atoms with van der Waals surface area (Å²) in [6.45, 7) is 3.50. The Morgan fingerprint density at radius 3 is 2.46 bits per heavy atom. The van der Waals surface area contributed by atoms with Crippen LogP contribution in [-0.4, -0.2) is 27.0 Å². The van der Waals surface area contributed by atoms with Crippen LogP contribution in [0, 0.1) is 10.1 Å². The summed E-state index contributed by atoms with van der Waals surface area (Å²) in [6.07, 6.45) is 1.40. The third-order valence-corrected chi connectivity index (χ3v) is 5.11. The predicted molar refractivity (Wildman–Crippen MR) is 90.8 cm³/mol. The lowest BCUT2D eigenvalue weighted by atomic mass is 10.3. The highest BCUT2D eigenvalue weighted by atomic mass is 32.2. The van der Waals surface area contributed by atoms with Gasteiger partial charge in [-0.2, -0.15) is 0 Å². The molecule has 0 aliphatic carbocycles. The van der Waals surface area contributed by atoms with E-state index in [-0.39, 0.29) is 17.1 Å². The Hall–Kier alpha value is -2.87. The van der Waals surface area contributed by atoms with E-state index in [4.69, 9.17) is 4.74 Å². The summed E-state index contributed by atoms with van der Waals surface area (Å²) in [5.41, 5.74) is -0.209. The monoisotopic (exact) mass is 348 g/mol. The fourth-order valence-corrected chi connectivity index (χ4v) is 3.83. The number of nitro groups is 1. The average molecular weight is 348 g/mol. The molecule has 126 valence electrons. The molecular weight excluding hydrogens is 332 g/mol. The number of nitrogens with zero attached hydrogens (tertiary/aromatic N) is 2. The first-order valence-electron chi connectivity index (χ1n) is 6.93. The van der Waals surface area contributed by atoms with Crippen LogP contribution in [0.2, 0.25) is 0 Å². The normalized spacial score (nSPS) is 10.9. The van der Waals surface area contributed by atoms with Gasteiger partial charge in [-0.15, -0.1) is 6.58 Å². The molecule has 2 aromatic carbocycles. The van der Waals surface area contributed by atoms with Crippen molar-refractivity contribution in [2.24, 2.45) is 0 Å². The molecule has 0 fully saturated rings. The van der Waals surface area contributed by atoms with Gasteiger partial charge in [-0.3, -0.25) is 14.4 Å². The van der Waals surface area contributed by atoms with Gasteiger partial charge in [0.2, 0.25) is 0 Å². The molecule has 0 aromatic heterocycles. The largest absolute Gasteiger partial charge is 0.495 e. The summed E-state index contributed by atoms with van der Waals surface area (Å²) in [4.78, 5) is 10.1. The molecule has 0 spiro atoms. The van der Waals surface area contributed by atoms with E-state index in [9.17, 15) is 18.5 Å². The number of hydrogen-bond donors (Lipinski definition) is 0. The first-order chi connectivity index (χ1) is 11.4. The zero-order valence-corrected chi connectivity index (χ0v) is 13.8. The lowest BCUT2D eigenvalue weighted by Gasteiger charge is -2.24. The minimum absolute atomic E-state index is 0.0608. The average Bonchev–Trinajstić information content (AvgIpc) is 2.59. The Kier molecular flexibility index (Phi) is 5.20. The Bertz CT molecular complexity index is 864. The van der Waals surface area contributed by atoms with Crippen molar-refractivity contribution in [3.05, 3.63) is 71.3 Å². The summed E-state index contributed by atoms with van der Waals surface area (Å²) in [5, 5.41) is 11.2. The molecule has 8 heteroatoms. The van der Waals surface area contributed by atoms with Crippen LogP contribution in [0.15, 0.2) is 66.1 Å². The van der Waals surface area contributed by atoms with Crippen molar-refractivity contribution in [3.8, 4) is 5.75 Å². The number of methoxy groups -OCH3 is 1. The zero-order chi connectivity index (χ0) is 17.7. The van der Waals surface area contributed by atoms with E-state index >= 15 is 0 Å². The molecule has 0 amide bonds. The van der Waals surface area contributed by atoms with Crippen molar-refractivity contribution in [1.29, 1.82) is 0 Å². The number of benzene rings is 2. The van der Waals surface area contributed by atoms with Gasteiger partial charge in [0.25, 0.3) is 15.7 Å². The zero-order valence-electron chi connectivity index (χ0n) is 13.0. The maximum absolute atomic E-state index is 13.0. The van der Waals surface area contributed by atoms with Crippen molar-refractivity contribution in [1.82, 2.24) is 0 Å². The number of ether oxygens (including phenoxy) is 1. The van der Waals surface area contributed by atoms with E-state index < -0.39 is 20.6 Å². The molecule has 0 saturated carbocycles. The number of para-hydroxylation sites is 3. The Balaban J connectivity index is 2.67. The Morgan fingerprint density at radius 1 is 1.21 bits per heavy atom. The molecule has 0 radical (unpaired) electrons. The second-order valence-electron chi connectivity index (χ2n) is 4.72. The summed E-state index contributed by atoms with van der Waals surface area (Å²) in [5.74, 6) is 0.335. The van der Waals surface area contributed by atoms with Crippen molar-refractivity contribution < 1.29 is 18.1 Å². The molecular formula is C16H16N2O5S. The van der Waals surface area contributed by atoms with E-state index in [1.807, 2.05) is 0 Å². The maximum Gasteiger partial charge on any atom is 0.289 e. The topological polar surface area (TPSA) is 89.8 Å². The van der Waals surface area contributed by atoms with Crippen LogP contribution < -0.4 is 9.04 Å². The molecule has 0 N–H and O–H groups in total. The van der Waals surface area contributed by atoms with Crippen LogP contribution in [0.5, 0.6) is 5.75 Å². The van der Waals surface area contributed by atoms with Gasteiger partial charge in [0.1, 0.15) is 5.75 Å². The molecule has 24 heavy (non-hydrogen) atoms. The smallest absolute Gasteiger partial charge is 0.289 e. The lowest BCUT2D eigenvalue weighted by Crippen LogP contribution is -2.32. The number of nitro benzene ring substituents is 1. The Morgan fingerprint density at radius 2 is 1.83 bits per heavy atom. The van der Waals surface area contributed by atoms with Gasteiger partial charge in [-0.25, -0.2) is 8.42 Å². The molecule has 0 unspecified atom stereocenters. The fraction of sp³-hybridized carbons (Fsp3) is 0.125. The summed E-state index contributed by atoms with van der Waals surface area (Å²) < 4.78 is 32.3. The van der Waals surface area contributed by atoms with E-state index in [1.54, 1.807) is 24.3 Å². The van der Waals surface area contributed by atoms with E-state index in [1.165, 1.54) is 31.4 Å². The predicted octanol–water partition coefficient (Wildman–Crippen LogP) is 2.98. The molecule has 0 aliphatic heterocycles. The van der Waals surface area contributed by atoms with Crippen molar-refractivity contribution in [3.63, 3.8) is 0 Å². The maximum atomic E-state index is 13.0. The van der Waals surface area contributed by atoms with Crippen LogP contribution in [0.3, 0.4) is 0 Å². The van der Waals surface area contributed by atoms with Crippen LogP contribution in [0.4, 0.5) is 11.4 Å². The first-order valence-corrected chi connectivity index (χ1v) is 8.37. The van der Waals surface area contributed by atoms with Gasteiger partial charge in [-0.05, 0) is 18.2 Å². The summed E-state index contributed by atoms with van der Waals surface area (Å²) >= 11 is 0. The third kappa shape index (κ3) is 3.23. The standard InChI is InChI=1S/C16H16N2O5S/c1-3-12-17(13-8-4-6-10-15(13)23-2)24(21,22)16-11-7-5-9-14(16)18(19)20/h3-11H,1,12H2,2H3. The van der Waals surface area contributed by atoms with Crippen molar-refractivity contribution in [2.75, 3.05) is 18.0 Å². The molecule has 0 atom stereocenters. The molecule has 0 bridgehead atoms. The Labute approximate surface area is 140 Å². The van der Waals surface area contributed by atoms with Gasteiger partial charge >= 0.3 is 0 Å². The van der Waals surface area contributed by atoms with Gasteiger partial charge in [0, 0.05) is 6.07 Å². The quantitative estimate of drug-likeness (QED) is 0.436. The lowest BCUT2D eigenvalue weighted by molar-refractivity contribution is -0.387. The second kappa shape index (κ2) is 7.14.